The van der Waals surface area contributed by atoms with Crippen LogP contribution in [0.1, 0.15) is 21.7 Å². The second kappa shape index (κ2) is 4.38. The van der Waals surface area contributed by atoms with Gasteiger partial charge in [0.25, 0.3) is 11.5 Å². The SMILES string of the molecule is Cn1cccc(C(=O)N2CCc3oncc3C2)c1=O. The van der Waals surface area contributed by atoms with Crippen LogP contribution in [0.5, 0.6) is 0 Å². The van der Waals surface area contributed by atoms with Crippen LogP contribution in [0.3, 0.4) is 0 Å². The third-order valence-electron chi connectivity index (χ3n) is 3.34. The minimum absolute atomic E-state index is 0.199. The zero-order valence-electron chi connectivity index (χ0n) is 10.5. The molecule has 2 aromatic heterocycles. The van der Waals surface area contributed by atoms with Crippen molar-refractivity contribution in [2.75, 3.05) is 6.54 Å². The summed E-state index contributed by atoms with van der Waals surface area (Å²) in [7, 11) is 1.63. The quantitative estimate of drug-likeness (QED) is 0.751. The highest BCUT2D eigenvalue weighted by Gasteiger charge is 2.25. The molecule has 0 bridgehead atoms. The number of nitrogens with zero attached hydrogens (tertiary/aromatic N) is 3. The first-order valence-corrected chi connectivity index (χ1v) is 6.04. The van der Waals surface area contributed by atoms with Gasteiger partial charge in [0.05, 0.1) is 12.7 Å². The fourth-order valence-electron chi connectivity index (χ4n) is 2.24. The van der Waals surface area contributed by atoms with E-state index in [4.69, 9.17) is 4.52 Å². The normalized spacial score (nSPS) is 14.3. The van der Waals surface area contributed by atoms with E-state index in [0.29, 0.717) is 19.5 Å². The Labute approximate surface area is 109 Å². The maximum Gasteiger partial charge on any atom is 0.263 e. The molecule has 0 radical (unpaired) electrons. The van der Waals surface area contributed by atoms with Crippen molar-refractivity contribution in [1.29, 1.82) is 0 Å². The molecule has 0 spiro atoms. The van der Waals surface area contributed by atoms with Gasteiger partial charge in [0.15, 0.2) is 0 Å². The van der Waals surface area contributed by atoms with Crippen molar-refractivity contribution in [3.63, 3.8) is 0 Å². The maximum absolute atomic E-state index is 12.4. The highest BCUT2D eigenvalue weighted by atomic mass is 16.5. The first kappa shape index (κ1) is 11.7. The average Bonchev–Trinajstić information content (AvgIpc) is 2.88. The van der Waals surface area contributed by atoms with Gasteiger partial charge in [0.1, 0.15) is 11.3 Å². The first-order chi connectivity index (χ1) is 9.16. The van der Waals surface area contributed by atoms with Crippen LogP contribution in [-0.4, -0.2) is 27.1 Å². The van der Waals surface area contributed by atoms with Gasteiger partial charge in [-0.1, -0.05) is 5.16 Å². The molecular weight excluding hydrogens is 246 g/mol. The van der Waals surface area contributed by atoms with Crippen LogP contribution in [0.2, 0.25) is 0 Å². The van der Waals surface area contributed by atoms with Crippen LogP contribution in [0.15, 0.2) is 33.8 Å². The fraction of sp³-hybridized carbons (Fsp3) is 0.308. The molecule has 0 atom stereocenters. The second-order valence-electron chi connectivity index (χ2n) is 4.59. The van der Waals surface area contributed by atoms with Crippen LogP contribution in [0.4, 0.5) is 0 Å². The topological polar surface area (TPSA) is 68.3 Å². The van der Waals surface area contributed by atoms with Crippen LogP contribution < -0.4 is 5.56 Å². The summed E-state index contributed by atoms with van der Waals surface area (Å²) < 4.78 is 6.48. The number of aryl methyl sites for hydroxylation is 1. The van der Waals surface area contributed by atoms with Gasteiger partial charge in [0.2, 0.25) is 0 Å². The Morgan fingerprint density at radius 3 is 3.16 bits per heavy atom. The Hall–Kier alpha value is -2.37. The Balaban J connectivity index is 1.90. The molecule has 3 heterocycles. The number of rotatable bonds is 1. The van der Waals surface area contributed by atoms with E-state index in [0.717, 1.165) is 11.3 Å². The summed E-state index contributed by atoms with van der Waals surface area (Å²) >= 11 is 0. The van der Waals surface area contributed by atoms with Gasteiger partial charge in [-0.3, -0.25) is 9.59 Å². The Morgan fingerprint density at radius 2 is 2.32 bits per heavy atom. The third kappa shape index (κ3) is 1.95. The highest BCUT2D eigenvalue weighted by molar-refractivity contribution is 5.93. The zero-order valence-corrected chi connectivity index (χ0v) is 10.5. The second-order valence-corrected chi connectivity index (χ2v) is 4.59. The monoisotopic (exact) mass is 259 g/mol. The largest absolute Gasteiger partial charge is 0.361 e. The molecule has 0 aromatic carbocycles. The molecule has 2 aromatic rings. The number of carbonyl (C=O) groups is 1. The molecule has 6 nitrogen and oxygen atoms in total. The molecule has 0 aliphatic carbocycles. The van der Waals surface area contributed by atoms with Gasteiger partial charge < -0.3 is 14.0 Å². The minimum atomic E-state index is -0.274. The molecule has 19 heavy (non-hydrogen) atoms. The van der Waals surface area contributed by atoms with Gasteiger partial charge in [0, 0.05) is 31.8 Å². The van der Waals surface area contributed by atoms with E-state index in [-0.39, 0.29) is 17.0 Å². The predicted molar refractivity (Wildman–Crippen MR) is 66.6 cm³/mol. The van der Waals surface area contributed by atoms with Gasteiger partial charge >= 0.3 is 0 Å². The van der Waals surface area contributed by atoms with E-state index < -0.39 is 0 Å². The molecular formula is C13H13N3O3. The Kier molecular flexibility index (Phi) is 2.70. The molecule has 0 saturated carbocycles. The van der Waals surface area contributed by atoms with Crippen molar-refractivity contribution < 1.29 is 9.32 Å². The summed E-state index contributed by atoms with van der Waals surface area (Å²) in [5, 5.41) is 3.72. The van der Waals surface area contributed by atoms with Crippen molar-refractivity contribution in [3.05, 3.63) is 51.8 Å². The molecule has 1 amide bonds. The Bertz CT molecular complexity index is 686. The summed E-state index contributed by atoms with van der Waals surface area (Å²) in [6.45, 7) is 0.981. The molecule has 0 fully saturated rings. The van der Waals surface area contributed by atoms with E-state index in [1.54, 1.807) is 36.5 Å². The van der Waals surface area contributed by atoms with Crippen LogP contribution >= 0.6 is 0 Å². The van der Waals surface area contributed by atoms with Crippen molar-refractivity contribution in [2.45, 2.75) is 13.0 Å². The lowest BCUT2D eigenvalue weighted by atomic mass is 10.1. The third-order valence-corrected chi connectivity index (χ3v) is 3.34. The van der Waals surface area contributed by atoms with Gasteiger partial charge in [-0.2, -0.15) is 0 Å². The summed E-state index contributed by atoms with van der Waals surface area (Å²) in [6.07, 6.45) is 3.89. The van der Waals surface area contributed by atoms with E-state index in [9.17, 15) is 9.59 Å². The number of hydrogen-bond donors (Lipinski definition) is 0. The molecule has 3 rings (SSSR count). The van der Waals surface area contributed by atoms with Gasteiger partial charge in [-0.15, -0.1) is 0 Å². The minimum Gasteiger partial charge on any atom is -0.361 e. The molecule has 1 aliphatic rings. The van der Waals surface area contributed by atoms with Crippen LogP contribution in [-0.2, 0) is 20.0 Å². The van der Waals surface area contributed by atoms with Gasteiger partial charge in [-0.05, 0) is 12.1 Å². The van der Waals surface area contributed by atoms with E-state index in [2.05, 4.69) is 5.16 Å². The van der Waals surface area contributed by atoms with Crippen molar-refractivity contribution in [3.8, 4) is 0 Å². The molecule has 98 valence electrons. The summed E-state index contributed by atoms with van der Waals surface area (Å²) in [6, 6.07) is 3.26. The smallest absolute Gasteiger partial charge is 0.263 e. The average molecular weight is 259 g/mol. The summed E-state index contributed by atoms with van der Waals surface area (Å²) in [4.78, 5) is 25.9. The molecule has 0 N–H and O–H groups in total. The number of carbonyl (C=O) groups excluding carboxylic acids is 1. The number of hydrogen-bond acceptors (Lipinski definition) is 4. The van der Waals surface area contributed by atoms with Crippen molar-refractivity contribution in [2.24, 2.45) is 7.05 Å². The highest BCUT2D eigenvalue weighted by Crippen LogP contribution is 2.19. The van der Waals surface area contributed by atoms with Crippen LogP contribution in [0.25, 0.3) is 0 Å². The molecule has 6 heteroatoms. The maximum atomic E-state index is 12.4. The van der Waals surface area contributed by atoms with Crippen molar-refractivity contribution >= 4 is 5.91 Å². The lowest BCUT2D eigenvalue weighted by molar-refractivity contribution is 0.0726. The number of pyridine rings is 1. The summed E-state index contributed by atoms with van der Waals surface area (Å²) in [5.41, 5.74) is 0.834. The molecule has 0 unspecified atom stereocenters. The molecule has 1 aliphatic heterocycles. The number of amides is 1. The zero-order chi connectivity index (χ0) is 13.4. The van der Waals surface area contributed by atoms with E-state index >= 15 is 0 Å². The standard InChI is InChI=1S/C13H13N3O3/c1-15-5-2-3-10(12(15)17)13(18)16-6-4-11-9(8-16)7-14-19-11/h2-3,5,7H,4,6,8H2,1H3. The first-order valence-electron chi connectivity index (χ1n) is 6.04. The lowest BCUT2D eigenvalue weighted by Crippen LogP contribution is -2.39. The summed E-state index contributed by atoms with van der Waals surface area (Å²) in [5.74, 6) is 0.582. The fourth-order valence-corrected chi connectivity index (χ4v) is 2.24. The number of fused-ring (bicyclic) bond motifs is 1. The number of aromatic nitrogens is 2. The van der Waals surface area contributed by atoms with Crippen molar-refractivity contribution in [1.82, 2.24) is 14.6 Å². The predicted octanol–water partition coefficient (Wildman–Crippen LogP) is 0.572. The lowest BCUT2D eigenvalue weighted by Gasteiger charge is -2.25. The van der Waals surface area contributed by atoms with E-state index in [1.165, 1.54) is 4.57 Å². The molecule has 0 saturated heterocycles. The van der Waals surface area contributed by atoms with E-state index in [1.807, 2.05) is 0 Å². The van der Waals surface area contributed by atoms with Gasteiger partial charge in [-0.25, -0.2) is 0 Å². The Morgan fingerprint density at radius 1 is 1.47 bits per heavy atom. The van der Waals surface area contributed by atoms with Crippen LogP contribution in [0, 0.1) is 0 Å².